The van der Waals surface area contributed by atoms with Crippen LogP contribution in [0, 0.1) is 5.82 Å². The molecule has 8 heteroatoms. The van der Waals surface area contributed by atoms with Crippen molar-refractivity contribution in [3.63, 3.8) is 0 Å². The second kappa shape index (κ2) is 6.97. The zero-order valence-electron chi connectivity index (χ0n) is 12.3. The summed E-state index contributed by atoms with van der Waals surface area (Å²) < 4.78 is 14.6. The molecule has 122 valence electrons. The highest BCUT2D eigenvalue weighted by Gasteiger charge is 2.14. The average Bonchev–Trinajstić information content (AvgIpc) is 3.25. The van der Waals surface area contributed by atoms with Gasteiger partial charge in [-0.25, -0.2) is 14.6 Å². The van der Waals surface area contributed by atoms with E-state index in [1.165, 1.54) is 35.6 Å². The fourth-order valence-corrected chi connectivity index (χ4v) is 2.82. The van der Waals surface area contributed by atoms with Gasteiger partial charge in [0.15, 0.2) is 0 Å². The fraction of sp³-hybridized carbons (Fsp3) is 0. The number of carbonyl (C=O) groups is 2. The third-order valence-corrected chi connectivity index (χ3v) is 4.03. The number of aromatic nitrogens is 1. The number of nitrogens with zero attached hydrogens (tertiary/aromatic N) is 1. The van der Waals surface area contributed by atoms with Crippen molar-refractivity contribution in [3.8, 4) is 5.69 Å². The van der Waals surface area contributed by atoms with Crippen LogP contribution in [0.15, 0.2) is 60.2 Å². The number of amides is 3. The lowest BCUT2D eigenvalue weighted by Gasteiger charge is -2.09. The Labute approximate surface area is 140 Å². The first-order valence-electron chi connectivity index (χ1n) is 6.97. The maximum Gasteiger partial charge on any atom is 0.337 e. The lowest BCUT2D eigenvalue weighted by molar-refractivity contribution is 0.0942. The van der Waals surface area contributed by atoms with Gasteiger partial charge in [0.1, 0.15) is 10.7 Å². The highest BCUT2D eigenvalue weighted by atomic mass is 32.1. The van der Waals surface area contributed by atoms with Gasteiger partial charge in [0.2, 0.25) is 0 Å². The zero-order valence-corrected chi connectivity index (χ0v) is 13.1. The SMILES string of the molecule is O=C(NNC(=O)c1sccc1-n1cccc1)Nc1ccc(F)cc1. The number of hydrazine groups is 1. The smallest absolute Gasteiger partial charge is 0.322 e. The van der Waals surface area contributed by atoms with Crippen LogP contribution in [0.4, 0.5) is 14.9 Å². The van der Waals surface area contributed by atoms with Crippen molar-refractivity contribution in [2.45, 2.75) is 0 Å². The molecule has 0 fully saturated rings. The van der Waals surface area contributed by atoms with Gasteiger partial charge in [-0.3, -0.25) is 10.2 Å². The van der Waals surface area contributed by atoms with Gasteiger partial charge in [-0.2, -0.15) is 0 Å². The molecule has 1 aromatic carbocycles. The van der Waals surface area contributed by atoms with Crippen LogP contribution in [0.2, 0.25) is 0 Å². The summed E-state index contributed by atoms with van der Waals surface area (Å²) >= 11 is 1.27. The molecule has 3 aromatic rings. The number of carbonyl (C=O) groups excluding carboxylic acids is 2. The van der Waals surface area contributed by atoms with Crippen LogP contribution in [0.1, 0.15) is 9.67 Å². The van der Waals surface area contributed by atoms with Crippen molar-refractivity contribution >= 4 is 29.0 Å². The second-order valence-corrected chi connectivity index (χ2v) is 5.68. The van der Waals surface area contributed by atoms with Crippen molar-refractivity contribution in [3.05, 3.63) is 70.9 Å². The molecule has 0 spiro atoms. The standard InChI is InChI=1S/C16H13FN4O2S/c17-11-3-5-12(6-4-11)18-16(23)20-19-15(22)14-13(7-10-24-14)21-8-1-2-9-21/h1-10H,(H,19,22)(H2,18,20,23). The molecule has 2 heterocycles. The van der Waals surface area contributed by atoms with Crippen molar-refractivity contribution in [2.75, 3.05) is 5.32 Å². The van der Waals surface area contributed by atoms with E-state index >= 15 is 0 Å². The Balaban J connectivity index is 1.59. The van der Waals surface area contributed by atoms with Crippen molar-refractivity contribution < 1.29 is 14.0 Å². The number of urea groups is 1. The zero-order chi connectivity index (χ0) is 16.9. The number of halogens is 1. The van der Waals surface area contributed by atoms with Gasteiger partial charge in [0.05, 0.1) is 5.69 Å². The molecule has 2 aromatic heterocycles. The molecule has 0 aliphatic heterocycles. The first-order valence-corrected chi connectivity index (χ1v) is 7.85. The van der Waals surface area contributed by atoms with Crippen LogP contribution in [-0.2, 0) is 0 Å². The van der Waals surface area contributed by atoms with Gasteiger partial charge in [0.25, 0.3) is 5.91 Å². The van der Waals surface area contributed by atoms with Gasteiger partial charge in [0, 0.05) is 18.1 Å². The average molecular weight is 344 g/mol. The van der Waals surface area contributed by atoms with Crippen LogP contribution in [0.25, 0.3) is 5.69 Å². The molecule has 3 amide bonds. The van der Waals surface area contributed by atoms with Gasteiger partial charge in [-0.15, -0.1) is 11.3 Å². The molecule has 0 atom stereocenters. The lowest BCUT2D eigenvalue weighted by atomic mass is 10.3. The molecule has 3 rings (SSSR count). The van der Waals surface area contributed by atoms with E-state index in [9.17, 15) is 14.0 Å². The molecule has 0 saturated carbocycles. The summed E-state index contributed by atoms with van der Waals surface area (Å²) in [6, 6.07) is 10.2. The minimum absolute atomic E-state index is 0.399. The van der Waals surface area contributed by atoms with Gasteiger partial charge in [-0.1, -0.05) is 0 Å². The first kappa shape index (κ1) is 15.8. The Bertz CT molecular complexity index is 843. The molecule has 6 nitrogen and oxygen atoms in total. The van der Waals surface area contributed by atoms with Crippen LogP contribution in [0.3, 0.4) is 0 Å². The summed E-state index contributed by atoms with van der Waals surface area (Å²) in [6.45, 7) is 0. The molecule has 0 radical (unpaired) electrons. The van der Waals surface area contributed by atoms with E-state index in [4.69, 9.17) is 0 Å². The summed E-state index contributed by atoms with van der Waals surface area (Å²) in [7, 11) is 0. The maximum absolute atomic E-state index is 12.8. The van der Waals surface area contributed by atoms with Crippen LogP contribution in [0.5, 0.6) is 0 Å². The first-order chi connectivity index (χ1) is 11.6. The van der Waals surface area contributed by atoms with Crippen LogP contribution >= 0.6 is 11.3 Å². The summed E-state index contributed by atoms with van der Waals surface area (Å²) in [5.41, 5.74) is 5.74. The number of anilines is 1. The van der Waals surface area contributed by atoms with Crippen molar-refractivity contribution in [1.82, 2.24) is 15.4 Å². The monoisotopic (exact) mass is 344 g/mol. The molecule has 3 N–H and O–H groups in total. The van der Waals surface area contributed by atoms with E-state index in [-0.39, 0.29) is 0 Å². The summed E-state index contributed by atoms with van der Waals surface area (Å²) in [4.78, 5) is 24.4. The summed E-state index contributed by atoms with van der Waals surface area (Å²) in [5.74, 6) is -0.826. The van der Waals surface area contributed by atoms with E-state index in [1.54, 1.807) is 5.38 Å². The number of rotatable bonds is 3. The van der Waals surface area contributed by atoms with E-state index in [0.717, 1.165) is 5.69 Å². The van der Waals surface area contributed by atoms with E-state index in [1.807, 2.05) is 35.2 Å². The lowest BCUT2D eigenvalue weighted by Crippen LogP contribution is -2.43. The molecule has 0 unspecified atom stereocenters. The quantitative estimate of drug-likeness (QED) is 0.639. The molecule has 0 bridgehead atoms. The summed E-state index contributed by atoms with van der Waals surface area (Å²) in [6.07, 6.45) is 3.65. The van der Waals surface area contributed by atoms with Crippen LogP contribution in [-0.4, -0.2) is 16.5 Å². The van der Waals surface area contributed by atoms with Gasteiger partial charge in [-0.05, 0) is 47.8 Å². The van der Waals surface area contributed by atoms with E-state index in [2.05, 4.69) is 16.2 Å². The number of benzene rings is 1. The molecule has 0 saturated heterocycles. The number of hydrogen-bond donors (Lipinski definition) is 3. The van der Waals surface area contributed by atoms with Gasteiger partial charge >= 0.3 is 6.03 Å². The van der Waals surface area contributed by atoms with Crippen molar-refractivity contribution in [1.29, 1.82) is 0 Å². The van der Waals surface area contributed by atoms with Crippen molar-refractivity contribution in [2.24, 2.45) is 0 Å². The normalized spacial score (nSPS) is 10.2. The molecular formula is C16H13FN4O2S. The number of thiophene rings is 1. The fourth-order valence-electron chi connectivity index (χ4n) is 2.04. The highest BCUT2D eigenvalue weighted by Crippen LogP contribution is 2.20. The Morgan fingerprint density at radius 1 is 1.00 bits per heavy atom. The maximum atomic E-state index is 12.8. The van der Waals surface area contributed by atoms with E-state index < -0.39 is 17.8 Å². The largest absolute Gasteiger partial charge is 0.337 e. The van der Waals surface area contributed by atoms with Gasteiger partial charge < -0.3 is 9.88 Å². The predicted molar refractivity (Wildman–Crippen MR) is 89.7 cm³/mol. The topological polar surface area (TPSA) is 75.2 Å². The third-order valence-electron chi connectivity index (χ3n) is 3.12. The Morgan fingerprint density at radius 2 is 1.71 bits per heavy atom. The Morgan fingerprint density at radius 3 is 2.42 bits per heavy atom. The predicted octanol–water partition coefficient (Wildman–Crippen LogP) is 3.14. The number of hydrogen-bond acceptors (Lipinski definition) is 3. The molecule has 24 heavy (non-hydrogen) atoms. The number of nitrogens with one attached hydrogen (secondary N) is 3. The summed E-state index contributed by atoms with van der Waals surface area (Å²) in [5, 5.41) is 4.27. The Kier molecular flexibility index (Phi) is 4.57. The van der Waals surface area contributed by atoms with E-state index in [0.29, 0.717) is 10.6 Å². The Hall–Kier alpha value is -3.13. The molecular weight excluding hydrogens is 331 g/mol. The molecule has 0 aliphatic rings. The highest BCUT2D eigenvalue weighted by molar-refractivity contribution is 7.12. The minimum Gasteiger partial charge on any atom is -0.322 e. The van der Waals surface area contributed by atoms with Crippen LogP contribution < -0.4 is 16.2 Å². The molecule has 0 aliphatic carbocycles. The second-order valence-electron chi connectivity index (χ2n) is 4.77. The minimum atomic E-state index is -0.631. The third kappa shape index (κ3) is 3.61.